The number of unbranched alkanes of at least 4 members (excludes halogenated alkanes) is 26. The first kappa shape index (κ1) is 95.9. The predicted octanol–water partition coefficient (Wildman–Crippen LogP) is 21.6. The Morgan fingerprint density at radius 1 is 0.297 bits per heavy atom. The van der Waals surface area contributed by atoms with Crippen LogP contribution in [0.15, 0.2) is 121 Å². The lowest BCUT2D eigenvalue weighted by atomic mass is 10.0. The van der Waals surface area contributed by atoms with Gasteiger partial charge in [0.05, 0.1) is 26.3 Å². The Morgan fingerprint density at radius 3 is 0.829 bits per heavy atom. The number of ether oxygens (including phenoxy) is 9. The Kier molecular flexibility index (Phi) is 50.6. The fraction of sp³-hybridized carbons (Fsp3) is 0.549. The van der Waals surface area contributed by atoms with E-state index in [4.69, 9.17) is 37.9 Å². The average molecular weight is 1540 g/mol. The largest absolute Gasteiger partial charge is 0.518 e. The third kappa shape index (κ3) is 43.2. The van der Waals surface area contributed by atoms with Crippen molar-refractivity contribution in [2.24, 2.45) is 0 Å². The molecule has 0 spiro atoms. The summed E-state index contributed by atoms with van der Waals surface area (Å²) in [4.78, 5) is 112. The van der Waals surface area contributed by atoms with Gasteiger partial charge in [-0.25, -0.2) is 43.2 Å². The lowest BCUT2D eigenvalue weighted by Crippen LogP contribution is -2.39. The molecule has 0 atom stereocenters. The van der Waals surface area contributed by atoms with Crippen LogP contribution in [0.2, 0.25) is 0 Å². The SMILES string of the molecule is C=C(C)C(=O)Oc1cc(CCCCCCCCC)ccc1C(=O)OCCNC(=O)NCCOC(=O)c1ccc(CCCCCCCCC)cc1OC(=O)C(=C)C.C=C(C)C(=O)Oc1cc(CCCCCCCCCC)ccc1CCOC(=O)OC(=O)OCCc1ccc(CCCCCCCCCC)cc1OC(=O)C(=C)C. The van der Waals surface area contributed by atoms with Gasteiger partial charge in [0, 0.05) is 35.1 Å². The van der Waals surface area contributed by atoms with Crippen molar-refractivity contribution in [2.45, 2.75) is 287 Å². The summed E-state index contributed by atoms with van der Waals surface area (Å²) >= 11 is 0. The van der Waals surface area contributed by atoms with E-state index >= 15 is 0 Å². The van der Waals surface area contributed by atoms with Gasteiger partial charge in [-0.05, 0) is 149 Å². The van der Waals surface area contributed by atoms with Crippen molar-refractivity contribution in [1.82, 2.24) is 10.6 Å². The molecule has 0 saturated heterocycles. The fourth-order valence-electron chi connectivity index (χ4n) is 11.8. The second-order valence-electron chi connectivity index (χ2n) is 28.7. The summed E-state index contributed by atoms with van der Waals surface area (Å²) in [5, 5.41) is 5.15. The van der Waals surface area contributed by atoms with Gasteiger partial charge < -0.3 is 53.3 Å². The second kappa shape index (κ2) is 58.6. The van der Waals surface area contributed by atoms with Gasteiger partial charge in [-0.3, -0.25) is 0 Å². The van der Waals surface area contributed by atoms with Crippen LogP contribution in [0.4, 0.5) is 14.4 Å². The Morgan fingerprint density at radius 2 is 0.550 bits per heavy atom. The number of rotatable bonds is 56. The summed E-state index contributed by atoms with van der Waals surface area (Å²) in [5.41, 5.74) is 6.45. The highest BCUT2D eigenvalue weighted by Gasteiger charge is 2.23. The zero-order valence-corrected chi connectivity index (χ0v) is 68.3. The highest BCUT2D eigenvalue weighted by atomic mass is 16.8. The molecule has 0 aliphatic heterocycles. The maximum Gasteiger partial charge on any atom is 0.518 e. The van der Waals surface area contributed by atoms with Crippen LogP contribution in [0, 0.1) is 0 Å². The average Bonchev–Trinajstić information content (AvgIpc) is 0.869. The molecule has 20 nitrogen and oxygen atoms in total. The van der Waals surface area contributed by atoms with Crippen LogP contribution in [0.1, 0.15) is 302 Å². The molecule has 0 radical (unpaired) electrons. The highest BCUT2D eigenvalue weighted by Crippen LogP contribution is 2.29. The molecular weight excluding hydrogens is 1410 g/mol. The molecule has 4 aromatic carbocycles. The Hall–Kier alpha value is -9.33. The second-order valence-corrected chi connectivity index (χ2v) is 28.7. The van der Waals surface area contributed by atoms with E-state index in [9.17, 15) is 43.2 Å². The zero-order chi connectivity index (χ0) is 81.4. The van der Waals surface area contributed by atoms with Crippen molar-refractivity contribution in [3.8, 4) is 23.0 Å². The number of amides is 2. The zero-order valence-electron chi connectivity index (χ0n) is 68.3. The van der Waals surface area contributed by atoms with Crippen LogP contribution in [-0.4, -0.2) is 93.7 Å². The van der Waals surface area contributed by atoms with E-state index in [1.54, 1.807) is 38.1 Å². The first-order valence-corrected chi connectivity index (χ1v) is 40.9. The Balaban J connectivity index is 0.000000575. The molecule has 2 N–H and O–H groups in total. The first-order chi connectivity index (χ1) is 53.5. The minimum absolute atomic E-state index is 0.00274. The van der Waals surface area contributed by atoms with Crippen LogP contribution < -0.4 is 29.6 Å². The molecule has 4 rings (SSSR count). The van der Waals surface area contributed by atoms with Gasteiger partial charge in [-0.15, -0.1) is 0 Å². The number of hydrogen-bond donors (Lipinski definition) is 2. The minimum atomic E-state index is -1.21. The van der Waals surface area contributed by atoms with Gasteiger partial charge in [-0.1, -0.05) is 257 Å². The molecule has 20 heteroatoms. The summed E-state index contributed by atoms with van der Waals surface area (Å²) in [6.45, 7) is 29.1. The molecule has 612 valence electrons. The van der Waals surface area contributed by atoms with Crippen LogP contribution in [0.25, 0.3) is 0 Å². The highest BCUT2D eigenvalue weighted by molar-refractivity contribution is 5.97. The summed E-state index contributed by atoms with van der Waals surface area (Å²) in [7, 11) is 0. The fourth-order valence-corrected chi connectivity index (χ4v) is 11.8. The standard InChI is InChI=1S/C46H66O9.C45H64N2O9/c1-7-9-11-13-15-17-19-21-23-37-25-27-39(41(33-37)53-43(47)35(3)4)29-31-51-45(49)55-46(50)52-32-30-40-28-26-38(34-42(40)54-44(48)36(5)6)24-22-20-18-16-14-12-10-8-2;1-7-9-11-13-15-17-19-21-35-23-25-37(39(31-35)55-41(48)33(3)4)43(50)53-29-27-46-45(52)47-28-30-54-44(51)38-26-24-36(22-20-18-16-14-12-10-8-2)32-40(38)56-42(49)34(5)6/h25-28,33-34H,3,5,7-24,29-32H2,1-2,4,6H3;23-26,31-32H,3,5,7-22,27-30H2,1-2,4,6H3,(H2,46,47,52). The monoisotopic (exact) mass is 1540 g/mol. The maximum absolute atomic E-state index is 12.9. The van der Waals surface area contributed by atoms with Crippen LogP contribution in [-0.2, 0) is 81.4 Å². The van der Waals surface area contributed by atoms with Gasteiger partial charge in [0.1, 0.15) is 47.3 Å². The summed E-state index contributed by atoms with van der Waals surface area (Å²) in [6.07, 6.45) is 37.3. The normalized spacial score (nSPS) is 10.7. The number of carbonyl (C=O) groups is 9. The number of hydrogen-bond acceptors (Lipinski definition) is 18. The molecule has 0 aromatic heterocycles. The number of nitrogens with one attached hydrogen (secondary N) is 2. The third-order valence-electron chi connectivity index (χ3n) is 18.4. The maximum atomic E-state index is 12.9. The number of urea groups is 1. The first-order valence-electron chi connectivity index (χ1n) is 40.9. The molecule has 0 fully saturated rings. The molecular formula is C91H130N2O18. The third-order valence-corrected chi connectivity index (χ3v) is 18.4. The minimum Gasteiger partial charge on any atom is -0.460 e. The topological polar surface area (TPSA) is 261 Å². The van der Waals surface area contributed by atoms with Crippen molar-refractivity contribution in [3.63, 3.8) is 0 Å². The van der Waals surface area contributed by atoms with E-state index in [-0.39, 0.29) is 97.3 Å². The molecule has 0 bridgehead atoms. The summed E-state index contributed by atoms with van der Waals surface area (Å²) < 4.78 is 47.8. The molecule has 0 saturated carbocycles. The number of esters is 6. The van der Waals surface area contributed by atoms with E-state index in [0.29, 0.717) is 22.6 Å². The molecule has 2 amide bonds. The van der Waals surface area contributed by atoms with Crippen molar-refractivity contribution in [2.75, 3.05) is 39.5 Å². The number of benzene rings is 4. The Bertz CT molecular complexity index is 3340. The van der Waals surface area contributed by atoms with Crippen molar-refractivity contribution in [1.29, 1.82) is 0 Å². The lowest BCUT2D eigenvalue weighted by molar-refractivity contribution is -0.131. The van der Waals surface area contributed by atoms with Crippen molar-refractivity contribution < 1.29 is 85.8 Å². The van der Waals surface area contributed by atoms with Gasteiger partial charge in [0.15, 0.2) is 0 Å². The smallest absolute Gasteiger partial charge is 0.460 e. The predicted molar refractivity (Wildman–Crippen MR) is 437 cm³/mol. The van der Waals surface area contributed by atoms with E-state index in [0.717, 1.165) is 99.3 Å². The Labute approximate surface area is 662 Å². The van der Waals surface area contributed by atoms with E-state index in [1.807, 2.05) is 48.5 Å². The van der Waals surface area contributed by atoms with Gasteiger partial charge >= 0.3 is 54.2 Å². The quantitative estimate of drug-likeness (QED) is 0.0104. The van der Waals surface area contributed by atoms with Crippen molar-refractivity contribution in [3.05, 3.63) is 166 Å². The summed E-state index contributed by atoms with van der Waals surface area (Å²) in [5.74, 6) is -2.80. The van der Waals surface area contributed by atoms with E-state index in [2.05, 4.69) is 69.4 Å². The lowest BCUT2D eigenvalue weighted by Gasteiger charge is -2.13. The van der Waals surface area contributed by atoms with E-state index < -0.39 is 54.2 Å². The van der Waals surface area contributed by atoms with E-state index in [1.165, 1.54) is 155 Å². The van der Waals surface area contributed by atoms with Gasteiger partial charge in [0.25, 0.3) is 0 Å². The summed E-state index contributed by atoms with van der Waals surface area (Å²) in [6, 6.07) is 21.0. The number of aryl methyl sites for hydroxylation is 4. The molecule has 0 heterocycles. The van der Waals surface area contributed by atoms with Crippen LogP contribution in [0.3, 0.4) is 0 Å². The number of carbonyl (C=O) groups excluding carboxylic acids is 9. The molecule has 0 aliphatic carbocycles. The molecule has 0 unspecified atom stereocenters. The van der Waals surface area contributed by atoms with Crippen LogP contribution >= 0.6 is 0 Å². The molecule has 0 aliphatic rings. The van der Waals surface area contributed by atoms with Crippen molar-refractivity contribution >= 4 is 54.2 Å². The van der Waals surface area contributed by atoms with Gasteiger partial charge in [-0.2, -0.15) is 0 Å². The molecule has 4 aromatic rings. The van der Waals surface area contributed by atoms with Crippen LogP contribution in [0.5, 0.6) is 23.0 Å². The van der Waals surface area contributed by atoms with Gasteiger partial charge in [0.2, 0.25) is 0 Å². The molecule has 111 heavy (non-hydrogen) atoms.